The SMILES string of the molecule is C=Cc1c(C)c2cc3nc(cc4nc(cc5c(C=C)c(C)c(cc1[nH]2)n5N)C(C)=C4CCC(=O)O)C(CCC(=O)O)=C3C. The first-order valence-electron chi connectivity index (χ1n) is 14.1. The molecule has 3 aromatic heterocycles. The first-order chi connectivity index (χ1) is 20.4. The summed E-state index contributed by atoms with van der Waals surface area (Å²) >= 11 is 0. The van der Waals surface area contributed by atoms with Crippen LogP contribution in [0.4, 0.5) is 0 Å². The summed E-state index contributed by atoms with van der Waals surface area (Å²) in [5.41, 5.74) is 12.8. The van der Waals surface area contributed by atoms with Crippen molar-refractivity contribution in [1.82, 2.24) is 19.6 Å². The predicted octanol–water partition coefficient (Wildman–Crippen LogP) is 7.00. The van der Waals surface area contributed by atoms with Gasteiger partial charge >= 0.3 is 11.9 Å². The van der Waals surface area contributed by atoms with Crippen LogP contribution in [-0.2, 0) is 9.59 Å². The lowest BCUT2D eigenvalue weighted by atomic mass is 9.98. The Bertz CT molecular complexity index is 1970. The van der Waals surface area contributed by atoms with Gasteiger partial charge in [0.15, 0.2) is 0 Å². The molecule has 2 aliphatic rings. The van der Waals surface area contributed by atoms with E-state index < -0.39 is 11.9 Å². The minimum Gasteiger partial charge on any atom is -0.481 e. The molecule has 0 atom stereocenters. The van der Waals surface area contributed by atoms with Crippen LogP contribution >= 0.6 is 0 Å². The first kappa shape index (κ1) is 29.3. The average molecular weight is 578 g/mol. The maximum Gasteiger partial charge on any atom is 0.303 e. The second kappa shape index (κ2) is 11.2. The van der Waals surface area contributed by atoms with Crippen molar-refractivity contribution >= 4 is 68.4 Å². The normalized spacial score (nSPS) is 13.0. The van der Waals surface area contributed by atoms with Gasteiger partial charge in [-0.25, -0.2) is 9.97 Å². The van der Waals surface area contributed by atoms with Crippen molar-refractivity contribution in [2.45, 2.75) is 53.4 Å². The van der Waals surface area contributed by atoms with Gasteiger partial charge < -0.3 is 21.0 Å². The number of allylic oxidation sites excluding steroid dienone is 4. The second-order valence-corrected chi connectivity index (χ2v) is 10.9. The molecule has 0 spiro atoms. The predicted molar refractivity (Wildman–Crippen MR) is 173 cm³/mol. The van der Waals surface area contributed by atoms with Crippen molar-refractivity contribution < 1.29 is 19.8 Å². The maximum atomic E-state index is 11.6. The van der Waals surface area contributed by atoms with Crippen molar-refractivity contribution in [1.29, 1.82) is 0 Å². The average Bonchev–Trinajstić information content (AvgIpc) is 3.59. The van der Waals surface area contributed by atoms with E-state index in [0.29, 0.717) is 34.7 Å². The number of aryl methyl sites for hydroxylation is 2. The summed E-state index contributed by atoms with van der Waals surface area (Å²) in [6, 6.07) is 7.70. The smallest absolute Gasteiger partial charge is 0.303 e. The van der Waals surface area contributed by atoms with Gasteiger partial charge in [-0.1, -0.05) is 25.3 Å². The first-order valence-corrected chi connectivity index (χ1v) is 14.1. The molecule has 0 amide bonds. The number of hydrogen-bond acceptors (Lipinski definition) is 5. The zero-order valence-corrected chi connectivity index (χ0v) is 24.8. The number of fused-ring (bicyclic) bond motifs is 8. The van der Waals surface area contributed by atoms with Gasteiger partial charge in [-0.15, -0.1) is 0 Å². The molecule has 0 fully saturated rings. The summed E-state index contributed by atoms with van der Waals surface area (Å²) < 4.78 is 1.62. The number of carboxylic acids is 2. The second-order valence-electron chi connectivity index (χ2n) is 10.9. The number of carbonyl (C=O) groups is 2. The highest BCUT2D eigenvalue weighted by atomic mass is 16.4. The number of H-pyrrole nitrogens is 1. The Labute approximate surface area is 249 Å². The molecule has 43 heavy (non-hydrogen) atoms. The Kier molecular flexibility index (Phi) is 7.67. The van der Waals surface area contributed by atoms with Crippen LogP contribution in [0.3, 0.4) is 0 Å². The lowest BCUT2D eigenvalue weighted by Gasteiger charge is -2.05. The van der Waals surface area contributed by atoms with Crippen LogP contribution in [0.2, 0.25) is 0 Å². The minimum atomic E-state index is -0.906. The number of aromatic nitrogens is 4. The number of nitrogen functional groups attached to an aromatic ring is 1. The van der Waals surface area contributed by atoms with Crippen molar-refractivity contribution in [3.8, 4) is 0 Å². The van der Waals surface area contributed by atoms with Crippen LogP contribution in [-0.4, -0.2) is 41.8 Å². The summed E-state index contributed by atoms with van der Waals surface area (Å²) in [7, 11) is 0. The van der Waals surface area contributed by atoms with Crippen molar-refractivity contribution in [2.75, 3.05) is 5.84 Å². The molecule has 0 aliphatic carbocycles. The van der Waals surface area contributed by atoms with E-state index in [1.54, 1.807) is 10.8 Å². The fourth-order valence-electron chi connectivity index (χ4n) is 5.93. The number of nitrogens with two attached hydrogens (primary N) is 1. The number of aliphatic carboxylic acids is 2. The number of aromatic amines is 1. The summed E-state index contributed by atoms with van der Waals surface area (Å²) in [5.74, 6) is 4.92. The van der Waals surface area contributed by atoms with Gasteiger partial charge in [-0.3, -0.25) is 14.3 Å². The molecule has 5 N–H and O–H groups in total. The molecule has 5 rings (SSSR count). The molecule has 0 saturated heterocycles. The molecule has 9 nitrogen and oxygen atoms in total. The van der Waals surface area contributed by atoms with Gasteiger partial charge in [0.05, 0.1) is 33.8 Å². The fourth-order valence-corrected chi connectivity index (χ4v) is 5.93. The van der Waals surface area contributed by atoms with Crippen LogP contribution in [0.15, 0.2) is 37.4 Å². The van der Waals surface area contributed by atoms with Crippen molar-refractivity contribution in [2.24, 2.45) is 0 Å². The third-order valence-corrected chi connectivity index (χ3v) is 8.42. The number of nitrogens with one attached hydrogen (secondary N) is 1. The molecule has 2 aliphatic heterocycles. The molecule has 220 valence electrons. The van der Waals surface area contributed by atoms with Gasteiger partial charge in [0.25, 0.3) is 0 Å². The molecule has 3 aromatic rings. The van der Waals surface area contributed by atoms with E-state index >= 15 is 0 Å². The van der Waals surface area contributed by atoms with Gasteiger partial charge in [0.2, 0.25) is 0 Å². The zero-order chi connectivity index (χ0) is 31.2. The Morgan fingerprint density at radius 3 is 1.81 bits per heavy atom. The third-order valence-electron chi connectivity index (χ3n) is 8.42. The van der Waals surface area contributed by atoms with E-state index in [-0.39, 0.29) is 19.3 Å². The molecule has 0 radical (unpaired) electrons. The lowest BCUT2D eigenvalue weighted by Crippen LogP contribution is -2.07. The van der Waals surface area contributed by atoms with Crippen LogP contribution in [0.5, 0.6) is 0 Å². The standard InChI is InChI=1S/C34H35N5O4/c1-7-21-17(3)25-13-26-18(4)23(9-11-33(40)41)28(36-26)14-29-24(10-12-34(42)43)19(5)27(38-29)15-32-22(8-2)20(6)31(39(32)35)16-30(21)37-25/h7-8,13-16,37H,1-2,9-12,35H2,3-6H3,(H,40,41)(H,42,43). The van der Waals surface area contributed by atoms with Gasteiger partial charge in [0.1, 0.15) is 0 Å². The Balaban J connectivity index is 1.97. The number of hydrogen-bond donors (Lipinski definition) is 4. The van der Waals surface area contributed by atoms with Crippen LogP contribution in [0.25, 0.3) is 56.5 Å². The highest BCUT2D eigenvalue weighted by Crippen LogP contribution is 2.38. The highest BCUT2D eigenvalue weighted by Gasteiger charge is 2.23. The van der Waals surface area contributed by atoms with E-state index in [0.717, 1.165) is 61.1 Å². The van der Waals surface area contributed by atoms with E-state index in [9.17, 15) is 19.8 Å². The third kappa shape index (κ3) is 5.18. The Morgan fingerprint density at radius 1 is 0.767 bits per heavy atom. The lowest BCUT2D eigenvalue weighted by molar-refractivity contribution is -0.137. The van der Waals surface area contributed by atoms with Crippen LogP contribution < -0.4 is 5.84 Å². The monoisotopic (exact) mass is 577 g/mol. The van der Waals surface area contributed by atoms with Gasteiger partial charge in [-0.2, -0.15) is 0 Å². The van der Waals surface area contributed by atoms with Gasteiger partial charge in [0, 0.05) is 35.0 Å². The molecule has 0 aromatic carbocycles. The van der Waals surface area contributed by atoms with E-state index in [4.69, 9.17) is 15.8 Å². The molecule has 5 heterocycles. The topological polar surface area (TPSA) is 147 Å². The van der Waals surface area contributed by atoms with E-state index in [1.807, 2.05) is 58.0 Å². The Morgan fingerprint density at radius 2 is 1.30 bits per heavy atom. The molecule has 0 unspecified atom stereocenters. The quantitative estimate of drug-likeness (QED) is 0.211. The molecule has 8 bridgehead atoms. The van der Waals surface area contributed by atoms with Gasteiger partial charge in [-0.05, 0) is 98.2 Å². The fraction of sp³-hybridized carbons (Fsp3) is 0.235. The summed E-state index contributed by atoms with van der Waals surface area (Å²) in [6.07, 6.45) is 4.04. The van der Waals surface area contributed by atoms with Crippen LogP contribution in [0.1, 0.15) is 84.6 Å². The highest BCUT2D eigenvalue weighted by molar-refractivity contribution is 5.97. The van der Waals surface area contributed by atoms with Crippen LogP contribution in [0, 0.1) is 13.8 Å². The molecular weight excluding hydrogens is 542 g/mol. The molecular formula is C34H35N5O4. The molecule has 9 heteroatoms. The van der Waals surface area contributed by atoms with E-state index in [2.05, 4.69) is 18.1 Å². The number of carboxylic acid groups (broad SMARTS) is 2. The zero-order valence-electron chi connectivity index (χ0n) is 24.8. The van der Waals surface area contributed by atoms with E-state index in [1.165, 1.54) is 0 Å². The summed E-state index contributed by atoms with van der Waals surface area (Å²) in [6.45, 7) is 15.9. The molecule has 0 saturated carbocycles. The largest absolute Gasteiger partial charge is 0.481 e. The van der Waals surface area contributed by atoms with Crippen molar-refractivity contribution in [3.63, 3.8) is 0 Å². The number of nitrogens with zero attached hydrogens (tertiary/aromatic N) is 3. The summed E-state index contributed by atoms with van der Waals surface area (Å²) in [4.78, 5) is 36.5. The van der Waals surface area contributed by atoms with Crippen molar-refractivity contribution in [3.05, 3.63) is 82.5 Å². The maximum absolute atomic E-state index is 11.6. The Hall–Kier alpha value is -5.18. The minimum absolute atomic E-state index is 0.0499. The number of rotatable bonds is 8. The summed E-state index contributed by atoms with van der Waals surface area (Å²) in [5, 5.41) is 18.9.